The second-order valence-electron chi connectivity index (χ2n) is 12.3. The zero-order valence-corrected chi connectivity index (χ0v) is 25.8. The van der Waals surface area contributed by atoms with Gasteiger partial charge in [0.25, 0.3) is 5.91 Å². The van der Waals surface area contributed by atoms with Crippen LogP contribution in [0, 0.1) is 5.41 Å². The number of nitrogen functional groups attached to an aromatic ring is 1. The lowest BCUT2D eigenvalue weighted by Crippen LogP contribution is -2.41. The Balaban J connectivity index is 1.16. The number of rotatable bonds is 7. The van der Waals surface area contributed by atoms with Gasteiger partial charge in [-0.25, -0.2) is 0 Å². The first-order chi connectivity index (χ1) is 21.9. The summed E-state index contributed by atoms with van der Waals surface area (Å²) in [6, 6.07) is 12.6. The van der Waals surface area contributed by atoms with E-state index in [0.717, 1.165) is 29.5 Å². The fourth-order valence-electron chi connectivity index (χ4n) is 6.65. The van der Waals surface area contributed by atoms with Crippen molar-refractivity contribution in [3.8, 4) is 17.0 Å². The number of piperidine rings is 1. The quantitative estimate of drug-likeness (QED) is 0.359. The first-order valence-corrected chi connectivity index (χ1v) is 15.5. The predicted octanol–water partition coefficient (Wildman–Crippen LogP) is 4.55. The summed E-state index contributed by atoms with van der Waals surface area (Å²) in [5, 5.41) is 3.27. The van der Waals surface area contributed by atoms with Gasteiger partial charge in [0.1, 0.15) is 11.9 Å². The molecular formula is C33H37F3N6O4. The lowest BCUT2D eigenvalue weighted by molar-refractivity contribution is -0.198. The summed E-state index contributed by atoms with van der Waals surface area (Å²) in [6.07, 6.45) is -4.09. The minimum Gasteiger partial charge on any atom is -0.465 e. The molecule has 0 saturated carbocycles. The van der Waals surface area contributed by atoms with Crippen molar-refractivity contribution in [2.45, 2.75) is 50.9 Å². The highest BCUT2D eigenvalue weighted by atomic mass is 19.4. The van der Waals surface area contributed by atoms with Crippen LogP contribution in [0.1, 0.15) is 53.8 Å². The summed E-state index contributed by atoms with van der Waals surface area (Å²) in [6.45, 7) is 4.59. The van der Waals surface area contributed by atoms with Crippen molar-refractivity contribution in [3.05, 3.63) is 65.2 Å². The number of fused-ring (bicyclic) bond motifs is 1. The number of benzene rings is 2. The summed E-state index contributed by atoms with van der Waals surface area (Å²) in [4.78, 5) is 36.5. The zero-order chi connectivity index (χ0) is 32.6. The molecule has 1 unspecified atom stereocenters. The van der Waals surface area contributed by atoms with Gasteiger partial charge in [-0.15, -0.1) is 0 Å². The van der Waals surface area contributed by atoms with Gasteiger partial charge in [0, 0.05) is 50.4 Å². The molecule has 3 aliphatic heterocycles. The molecule has 244 valence electrons. The Morgan fingerprint density at radius 2 is 1.80 bits per heavy atom. The van der Waals surface area contributed by atoms with Crippen LogP contribution in [0.4, 0.5) is 24.9 Å². The molecule has 3 aliphatic rings. The molecule has 13 heteroatoms. The number of nitrogens with one attached hydrogen (secondary N) is 1. The number of amides is 1. The van der Waals surface area contributed by atoms with E-state index in [0.29, 0.717) is 57.0 Å². The number of hydrogen-bond acceptors (Lipinski definition) is 9. The summed E-state index contributed by atoms with van der Waals surface area (Å²) >= 11 is 0. The molecule has 3 N–H and O–H groups in total. The average Bonchev–Trinajstić information content (AvgIpc) is 3.45. The van der Waals surface area contributed by atoms with E-state index in [-0.39, 0.29) is 40.7 Å². The number of aromatic nitrogens is 2. The molecule has 0 aliphatic carbocycles. The minimum atomic E-state index is -4.73. The Morgan fingerprint density at radius 3 is 2.50 bits per heavy atom. The number of esters is 1. The molecule has 2 atom stereocenters. The number of anilines is 2. The van der Waals surface area contributed by atoms with Gasteiger partial charge >= 0.3 is 12.1 Å². The van der Waals surface area contributed by atoms with Gasteiger partial charge in [-0.1, -0.05) is 36.4 Å². The SMILES string of the molecule is CCOC(=O)C1CC2(CCN(c3cc(O[C@H](c4ccc(-c5ccc6c(c5)CCN(C)C6=O)cc4)C(F)(F)F)nc(N)n3)CC2)CN1. The molecule has 0 radical (unpaired) electrons. The molecule has 3 aromatic rings. The molecule has 0 bridgehead atoms. The maximum atomic E-state index is 14.3. The summed E-state index contributed by atoms with van der Waals surface area (Å²) in [5.41, 5.74) is 8.89. The molecule has 46 heavy (non-hydrogen) atoms. The van der Waals surface area contributed by atoms with E-state index >= 15 is 0 Å². The van der Waals surface area contributed by atoms with Crippen LogP contribution in [0.15, 0.2) is 48.5 Å². The van der Waals surface area contributed by atoms with Crippen LogP contribution in [0.2, 0.25) is 0 Å². The minimum absolute atomic E-state index is 0.0404. The van der Waals surface area contributed by atoms with Crippen LogP contribution < -0.4 is 20.7 Å². The van der Waals surface area contributed by atoms with Crippen LogP contribution in [0.3, 0.4) is 0 Å². The molecule has 2 aromatic carbocycles. The number of carbonyl (C=O) groups excluding carboxylic acids is 2. The highest BCUT2D eigenvalue weighted by Gasteiger charge is 2.45. The number of carbonyl (C=O) groups is 2. The Bertz CT molecular complexity index is 1610. The number of alkyl halides is 3. The Hall–Kier alpha value is -4.39. The summed E-state index contributed by atoms with van der Waals surface area (Å²) < 4.78 is 53.7. The van der Waals surface area contributed by atoms with Crippen molar-refractivity contribution >= 4 is 23.6 Å². The van der Waals surface area contributed by atoms with Gasteiger partial charge in [0.15, 0.2) is 0 Å². The lowest BCUT2D eigenvalue weighted by atomic mass is 9.76. The lowest BCUT2D eigenvalue weighted by Gasteiger charge is -2.39. The van der Waals surface area contributed by atoms with Gasteiger partial charge in [-0.2, -0.15) is 23.1 Å². The first-order valence-electron chi connectivity index (χ1n) is 15.5. The number of nitrogens with two attached hydrogens (primary N) is 1. The van der Waals surface area contributed by atoms with E-state index in [1.165, 1.54) is 18.2 Å². The third-order valence-electron chi connectivity index (χ3n) is 9.27. The van der Waals surface area contributed by atoms with Crippen LogP contribution in [-0.4, -0.2) is 78.8 Å². The van der Waals surface area contributed by atoms with E-state index in [1.807, 2.05) is 11.0 Å². The van der Waals surface area contributed by atoms with Crippen molar-refractivity contribution < 1.29 is 32.2 Å². The number of halogens is 3. The van der Waals surface area contributed by atoms with Crippen LogP contribution >= 0.6 is 0 Å². The molecule has 1 amide bonds. The second-order valence-corrected chi connectivity index (χ2v) is 12.3. The monoisotopic (exact) mass is 638 g/mol. The van der Waals surface area contributed by atoms with Gasteiger partial charge < -0.3 is 30.3 Å². The van der Waals surface area contributed by atoms with Crippen LogP contribution in [-0.2, 0) is 16.0 Å². The van der Waals surface area contributed by atoms with E-state index in [2.05, 4.69) is 15.3 Å². The van der Waals surface area contributed by atoms with Crippen molar-refractivity contribution in [2.24, 2.45) is 5.41 Å². The topological polar surface area (TPSA) is 123 Å². The smallest absolute Gasteiger partial charge is 0.429 e. The third kappa shape index (κ3) is 6.46. The highest BCUT2D eigenvalue weighted by molar-refractivity contribution is 5.97. The normalized spacial score (nSPS) is 20.0. The molecule has 2 saturated heterocycles. The molecule has 6 rings (SSSR count). The Labute approximate surface area is 265 Å². The van der Waals surface area contributed by atoms with Crippen molar-refractivity contribution in [3.63, 3.8) is 0 Å². The maximum absolute atomic E-state index is 14.3. The van der Waals surface area contributed by atoms with Gasteiger partial charge in [0.2, 0.25) is 17.9 Å². The van der Waals surface area contributed by atoms with Crippen molar-refractivity contribution in [2.75, 3.05) is 50.5 Å². The van der Waals surface area contributed by atoms with Crippen LogP contribution in [0.25, 0.3) is 11.1 Å². The number of ether oxygens (including phenoxy) is 2. The molecule has 1 aromatic heterocycles. The summed E-state index contributed by atoms with van der Waals surface area (Å²) in [7, 11) is 1.76. The first kappa shape index (κ1) is 31.6. The molecular weight excluding hydrogens is 601 g/mol. The second kappa shape index (κ2) is 12.4. The predicted molar refractivity (Wildman–Crippen MR) is 165 cm³/mol. The Morgan fingerprint density at radius 1 is 1.09 bits per heavy atom. The van der Waals surface area contributed by atoms with Gasteiger partial charge in [0.05, 0.1) is 6.61 Å². The number of nitrogens with zero attached hydrogens (tertiary/aromatic N) is 4. The Kier molecular flexibility index (Phi) is 8.53. The van der Waals surface area contributed by atoms with Crippen LogP contribution in [0.5, 0.6) is 5.88 Å². The average molecular weight is 639 g/mol. The van der Waals surface area contributed by atoms with Crippen molar-refractivity contribution in [1.82, 2.24) is 20.2 Å². The molecule has 10 nitrogen and oxygen atoms in total. The summed E-state index contributed by atoms with van der Waals surface area (Å²) in [5.74, 6) is -0.361. The highest BCUT2D eigenvalue weighted by Crippen LogP contribution is 2.42. The third-order valence-corrected chi connectivity index (χ3v) is 9.27. The number of hydrogen-bond donors (Lipinski definition) is 2. The van der Waals surface area contributed by atoms with Gasteiger partial charge in [-0.3, -0.25) is 9.59 Å². The van der Waals surface area contributed by atoms with E-state index in [9.17, 15) is 22.8 Å². The van der Waals surface area contributed by atoms with E-state index in [1.54, 1.807) is 43.1 Å². The molecule has 2 fully saturated rings. The van der Waals surface area contributed by atoms with E-state index in [4.69, 9.17) is 15.2 Å². The van der Waals surface area contributed by atoms with E-state index < -0.39 is 12.3 Å². The van der Waals surface area contributed by atoms with Crippen molar-refractivity contribution in [1.29, 1.82) is 0 Å². The fourth-order valence-corrected chi connectivity index (χ4v) is 6.65. The maximum Gasteiger partial charge on any atom is 0.429 e. The zero-order valence-electron chi connectivity index (χ0n) is 25.8. The standard InChI is InChI=1S/C33H37F3N6O4/c1-3-45-30(44)25-18-32(19-38-25)11-14-42(15-12-32)26-17-27(40-31(37)39-26)46-28(33(34,35)36)21-6-4-20(5-7-21)22-8-9-24-23(16-22)10-13-41(2)29(24)43/h4-9,16-17,25,28,38H,3,10-15,18-19H2,1-2H3,(H2,37,39,40)/t25?,28-/m1/s1. The number of likely N-dealkylation sites (N-methyl/N-ethyl adjacent to an activating group) is 1. The largest absolute Gasteiger partial charge is 0.465 e. The van der Waals surface area contributed by atoms with Gasteiger partial charge in [-0.05, 0) is 60.8 Å². The molecule has 1 spiro atoms. The fraction of sp³-hybridized carbons (Fsp3) is 0.455. The molecule has 4 heterocycles.